The number of nitrogens with zero attached hydrogens (tertiary/aromatic N) is 1. The molecular formula is C16H30N2S. The minimum Gasteiger partial charge on any atom is -0.308 e. The zero-order chi connectivity index (χ0) is 14.5. The van der Waals surface area contributed by atoms with Crippen LogP contribution in [0, 0.1) is 19.3 Å². The lowest BCUT2D eigenvalue weighted by molar-refractivity contribution is 0.290. The van der Waals surface area contributed by atoms with Gasteiger partial charge >= 0.3 is 0 Å². The summed E-state index contributed by atoms with van der Waals surface area (Å²) in [5.74, 6) is 0. The Morgan fingerprint density at radius 3 is 2.47 bits per heavy atom. The number of hydrogen-bond acceptors (Lipinski definition) is 3. The van der Waals surface area contributed by atoms with Crippen LogP contribution in [0.4, 0.5) is 0 Å². The van der Waals surface area contributed by atoms with E-state index in [1.54, 1.807) is 11.3 Å². The zero-order valence-corrected chi connectivity index (χ0v) is 14.3. The zero-order valence-electron chi connectivity index (χ0n) is 13.5. The van der Waals surface area contributed by atoms with Crippen molar-refractivity contribution in [1.82, 2.24) is 10.3 Å². The second-order valence-corrected chi connectivity index (χ2v) is 7.81. The molecule has 0 aromatic carbocycles. The molecule has 110 valence electrons. The van der Waals surface area contributed by atoms with Crippen LogP contribution in [0.15, 0.2) is 0 Å². The maximum Gasteiger partial charge on any atom is 0.0900 e. The summed E-state index contributed by atoms with van der Waals surface area (Å²) >= 11 is 1.80. The monoisotopic (exact) mass is 282 g/mol. The van der Waals surface area contributed by atoms with Crippen LogP contribution in [0.3, 0.4) is 0 Å². The highest BCUT2D eigenvalue weighted by Gasteiger charge is 2.20. The average Bonchev–Trinajstić information content (AvgIpc) is 2.66. The van der Waals surface area contributed by atoms with Crippen LogP contribution in [0.5, 0.6) is 0 Å². The maximum absolute atomic E-state index is 4.64. The lowest BCUT2D eigenvalue weighted by Crippen LogP contribution is -2.31. The largest absolute Gasteiger partial charge is 0.308 e. The summed E-state index contributed by atoms with van der Waals surface area (Å²) in [6, 6.07) is 0.357. The van der Waals surface area contributed by atoms with Gasteiger partial charge in [0, 0.05) is 17.5 Å². The molecule has 0 saturated carbocycles. The van der Waals surface area contributed by atoms with E-state index in [-0.39, 0.29) is 0 Å². The molecule has 0 fully saturated rings. The molecule has 0 amide bonds. The maximum atomic E-state index is 4.64. The van der Waals surface area contributed by atoms with Gasteiger partial charge in [-0.05, 0) is 32.6 Å². The molecule has 1 aromatic heterocycles. The number of nitrogens with one attached hydrogen (secondary N) is 1. The quantitative estimate of drug-likeness (QED) is 0.677. The van der Waals surface area contributed by atoms with Gasteiger partial charge in [0.15, 0.2) is 0 Å². The van der Waals surface area contributed by atoms with Gasteiger partial charge in [-0.3, -0.25) is 0 Å². The van der Waals surface area contributed by atoms with E-state index in [1.165, 1.54) is 41.3 Å². The van der Waals surface area contributed by atoms with Crippen LogP contribution in [0.25, 0.3) is 0 Å². The van der Waals surface area contributed by atoms with Gasteiger partial charge in [-0.25, -0.2) is 4.98 Å². The molecule has 19 heavy (non-hydrogen) atoms. The Bertz CT molecular complexity index is 382. The Kier molecular flexibility index (Phi) is 6.48. The molecule has 1 unspecified atom stereocenters. The van der Waals surface area contributed by atoms with Gasteiger partial charge in [0.25, 0.3) is 0 Å². The summed E-state index contributed by atoms with van der Waals surface area (Å²) in [7, 11) is 0. The van der Waals surface area contributed by atoms with Crippen LogP contribution >= 0.6 is 11.3 Å². The fourth-order valence-corrected chi connectivity index (χ4v) is 3.33. The SMILES string of the molecule is CCCCCC(C)(C)CNC(C)c1nc(C)sc1C. The number of hydrogen-bond donors (Lipinski definition) is 1. The number of thiazole rings is 1. The van der Waals surface area contributed by atoms with Gasteiger partial charge in [-0.2, -0.15) is 0 Å². The molecule has 0 radical (unpaired) electrons. The molecule has 1 rings (SSSR count). The van der Waals surface area contributed by atoms with Crippen LogP contribution in [0.1, 0.15) is 75.0 Å². The predicted octanol–water partition coefficient (Wildman–Crippen LogP) is 5.02. The summed E-state index contributed by atoms with van der Waals surface area (Å²) in [6.45, 7) is 14.5. The number of aromatic nitrogens is 1. The third-order valence-corrected chi connectivity index (χ3v) is 4.60. The average molecular weight is 282 g/mol. The topological polar surface area (TPSA) is 24.9 Å². The molecular weight excluding hydrogens is 252 g/mol. The molecule has 0 aliphatic rings. The molecule has 3 heteroatoms. The van der Waals surface area contributed by atoms with Crippen molar-refractivity contribution in [3.05, 3.63) is 15.6 Å². The van der Waals surface area contributed by atoms with E-state index in [9.17, 15) is 0 Å². The molecule has 0 aliphatic carbocycles. The molecule has 1 aromatic rings. The van der Waals surface area contributed by atoms with E-state index in [0.717, 1.165) is 6.54 Å². The van der Waals surface area contributed by atoms with E-state index < -0.39 is 0 Å². The number of aryl methyl sites for hydroxylation is 2. The molecule has 0 bridgehead atoms. The Balaban J connectivity index is 2.44. The molecule has 1 heterocycles. The highest BCUT2D eigenvalue weighted by atomic mass is 32.1. The third-order valence-electron chi connectivity index (χ3n) is 3.69. The van der Waals surface area contributed by atoms with Gasteiger partial charge in [-0.15, -0.1) is 11.3 Å². The first-order valence-electron chi connectivity index (χ1n) is 7.53. The van der Waals surface area contributed by atoms with Crippen molar-refractivity contribution in [2.75, 3.05) is 6.54 Å². The molecule has 2 nitrogen and oxygen atoms in total. The first-order chi connectivity index (χ1) is 8.85. The number of unbranched alkanes of at least 4 members (excludes halogenated alkanes) is 2. The van der Waals surface area contributed by atoms with Crippen molar-refractivity contribution in [1.29, 1.82) is 0 Å². The normalized spacial score (nSPS) is 13.8. The summed E-state index contributed by atoms with van der Waals surface area (Å²) in [4.78, 5) is 5.99. The summed E-state index contributed by atoms with van der Waals surface area (Å²) in [5.41, 5.74) is 1.61. The van der Waals surface area contributed by atoms with Crippen molar-refractivity contribution < 1.29 is 0 Å². The van der Waals surface area contributed by atoms with E-state index in [2.05, 4.69) is 51.8 Å². The summed E-state index contributed by atoms with van der Waals surface area (Å²) in [5, 5.41) is 4.83. The van der Waals surface area contributed by atoms with Crippen LogP contribution < -0.4 is 5.32 Å². The van der Waals surface area contributed by atoms with E-state index in [1.807, 2.05) is 0 Å². The second kappa shape index (κ2) is 7.39. The van der Waals surface area contributed by atoms with E-state index in [4.69, 9.17) is 0 Å². The van der Waals surface area contributed by atoms with Crippen LogP contribution in [-0.4, -0.2) is 11.5 Å². The van der Waals surface area contributed by atoms with Gasteiger partial charge in [0.2, 0.25) is 0 Å². The van der Waals surface area contributed by atoms with Crippen molar-refractivity contribution in [3.63, 3.8) is 0 Å². The van der Waals surface area contributed by atoms with Crippen molar-refractivity contribution in [2.45, 2.75) is 73.3 Å². The van der Waals surface area contributed by atoms with Crippen molar-refractivity contribution in [3.8, 4) is 0 Å². The highest BCUT2D eigenvalue weighted by Crippen LogP contribution is 2.26. The smallest absolute Gasteiger partial charge is 0.0900 e. The fourth-order valence-electron chi connectivity index (χ4n) is 2.41. The molecule has 1 atom stereocenters. The summed E-state index contributed by atoms with van der Waals surface area (Å²) < 4.78 is 0. The minimum atomic E-state index is 0.357. The highest BCUT2D eigenvalue weighted by molar-refractivity contribution is 7.11. The first kappa shape index (κ1) is 16.6. The Morgan fingerprint density at radius 1 is 1.26 bits per heavy atom. The molecule has 0 saturated heterocycles. The van der Waals surface area contributed by atoms with Gasteiger partial charge < -0.3 is 5.32 Å². The van der Waals surface area contributed by atoms with Gasteiger partial charge in [0.1, 0.15) is 0 Å². The lowest BCUT2D eigenvalue weighted by atomic mass is 9.86. The third kappa shape index (κ3) is 5.62. The van der Waals surface area contributed by atoms with Crippen LogP contribution in [-0.2, 0) is 0 Å². The second-order valence-electron chi connectivity index (χ2n) is 6.40. The molecule has 1 N–H and O–H groups in total. The first-order valence-corrected chi connectivity index (χ1v) is 8.34. The van der Waals surface area contributed by atoms with E-state index in [0.29, 0.717) is 11.5 Å². The predicted molar refractivity (Wildman–Crippen MR) is 85.9 cm³/mol. The minimum absolute atomic E-state index is 0.357. The number of rotatable bonds is 8. The van der Waals surface area contributed by atoms with Gasteiger partial charge in [-0.1, -0.05) is 40.0 Å². The van der Waals surface area contributed by atoms with Crippen molar-refractivity contribution in [2.24, 2.45) is 5.41 Å². The fraction of sp³-hybridized carbons (Fsp3) is 0.812. The Morgan fingerprint density at radius 2 is 1.95 bits per heavy atom. The summed E-state index contributed by atoms with van der Waals surface area (Å²) in [6.07, 6.45) is 5.30. The standard InChI is InChI=1S/C16H30N2S/c1-7-8-9-10-16(5,6)11-17-12(2)15-13(3)19-14(4)18-15/h12,17H,7-11H2,1-6H3. The van der Waals surface area contributed by atoms with Crippen molar-refractivity contribution >= 4 is 11.3 Å². The molecule has 0 spiro atoms. The molecule has 0 aliphatic heterocycles. The Labute approximate surface area is 123 Å². The van der Waals surface area contributed by atoms with E-state index >= 15 is 0 Å². The van der Waals surface area contributed by atoms with Crippen LogP contribution in [0.2, 0.25) is 0 Å². The van der Waals surface area contributed by atoms with Gasteiger partial charge in [0.05, 0.1) is 10.7 Å². The lowest BCUT2D eigenvalue weighted by Gasteiger charge is -2.27. The Hall–Kier alpha value is -0.410.